The highest BCUT2D eigenvalue weighted by Crippen LogP contribution is 2.46. The Morgan fingerprint density at radius 2 is 1.74 bits per heavy atom. The van der Waals surface area contributed by atoms with E-state index < -0.39 is 0 Å². The summed E-state index contributed by atoms with van der Waals surface area (Å²) in [6, 6.07) is 19.7. The number of rotatable bonds is 5. The molecule has 6 heteroatoms. The number of benzene rings is 3. The molecule has 31 heavy (non-hydrogen) atoms. The minimum Gasteiger partial charge on any atom is -0.494 e. The van der Waals surface area contributed by atoms with Gasteiger partial charge in [-0.2, -0.15) is 0 Å². The lowest BCUT2D eigenvalue weighted by Gasteiger charge is -2.39. The molecule has 0 bridgehead atoms. The Balaban J connectivity index is 1.52. The number of hydrogen-bond acceptors (Lipinski definition) is 4. The second kappa shape index (κ2) is 8.29. The fourth-order valence-electron chi connectivity index (χ4n) is 4.79. The summed E-state index contributed by atoms with van der Waals surface area (Å²) in [6.45, 7) is 3.96. The van der Waals surface area contributed by atoms with Gasteiger partial charge >= 0.3 is 0 Å². The minimum atomic E-state index is -0.241. The van der Waals surface area contributed by atoms with E-state index in [1.165, 1.54) is 18.2 Å². The van der Waals surface area contributed by atoms with Gasteiger partial charge in [-0.25, -0.2) is 19.6 Å². The first-order valence-corrected chi connectivity index (χ1v) is 10.6. The van der Waals surface area contributed by atoms with Crippen molar-refractivity contribution in [3.8, 4) is 5.75 Å². The highest BCUT2D eigenvalue weighted by Gasteiger charge is 2.43. The van der Waals surface area contributed by atoms with E-state index in [9.17, 15) is 8.78 Å². The van der Waals surface area contributed by atoms with Gasteiger partial charge in [-0.1, -0.05) is 24.3 Å². The van der Waals surface area contributed by atoms with Crippen molar-refractivity contribution in [2.45, 2.75) is 25.6 Å². The molecule has 2 heterocycles. The predicted molar refractivity (Wildman–Crippen MR) is 117 cm³/mol. The van der Waals surface area contributed by atoms with Crippen LogP contribution in [-0.2, 0) is 6.54 Å². The molecule has 2 aliphatic heterocycles. The van der Waals surface area contributed by atoms with Crippen molar-refractivity contribution in [3.05, 3.63) is 95.1 Å². The highest BCUT2D eigenvalue weighted by atomic mass is 19.1. The molecular weight excluding hydrogens is 396 g/mol. The van der Waals surface area contributed by atoms with Crippen LogP contribution < -0.4 is 20.5 Å². The molecule has 5 rings (SSSR count). The maximum atomic E-state index is 13.8. The average Bonchev–Trinajstić information content (AvgIpc) is 3.19. The number of nitrogens with one attached hydrogen (secondary N) is 2. The second-order valence-corrected chi connectivity index (χ2v) is 8.12. The number of ether oxygens (including phenoxy) is 1. The maximum absolute atomic E-state index is 13.8. The fraction of sp³-hybridized carbons (Fsp3) is 0.280. The number of nitrogens with zero attached hydrogens (tertiary/aromatic N) is 1. The molecule has 3 atom stereocenters. The van der Waals surface area contributed by atoms with Crippen LogP contribution in [-0.4, -0.2) is 13.2 Å². The molecule has 0 spiro atoms. The van der Waals surface area contributed by atoms with E-state index >= 15 is 0 Å². The largest absolute Gasteiger partial charge is 0.494 e. The first-order chi connectivity index (χ1) is 15.1. The van der Waals surface area contributed by atoms with E-state index in [4.69, 9.17) is 4.74 Å². The first kappa shape index (κ1) is 20.0. The molecule has 160 valence electrons. The van der Waals surface area contributed by atoms with E-state index in [-0.39, 0.29) is 29.6 Å². The summed E-state index contributed by atoms with van der Waals surface area (Å²) in [7, 11) is 0. The van der Waals surface area contributed by atoms with Gasteiger partial charge in [0.2, 0.25) is 0 Å². The smallest absolute Gasteiger partial charge is 0.123 e. The van der Waals surface area contributed by atoms with Crippen LogP contribution >= 0.6 is 0 Å². The Morgan fingerprint density at radius 1 is 0.935 bits per heavy atom. The predicted octanol–water partition coefficient (Wildman–Crippen LogP) is 4.89. The summed E-state index contributed by atoms with van der Waals surface area (Å²) in [6.07, 6.45) is 0. The van der Waals surface area contributed by atoms with E-state index in [1.807, 2.05) is 31.2 Å². The molecule has 2 aliphatic rings. The van der Waals surface area contributed by atoms with Crippen LogP contribution in [0.25, 0.3) is 0 Å². The summed E-state index contributed by atoms with van der Waals surface area (Å²) in [5.74, 6) is 0.574. The van der Waals surface area contributed by atoms with Crippen LogP contribution in [0.5, 0.6) is 5.75 Å². The van der Waals surface area contributed by atoms with Crippen LogP contribution in [0.3, 0.4) is 0 Å². The van der Waals surface area contributed by atoms with Gasteiger partial charge in [0.25, 0.3) is 0 Å². The molecule has 0 aliphatic carbocycles. The number of fused-ring (bicyclic) bond motifs is 3. The Hall–Kier alpha value is -2.96. The lowest BCUT2D eigenvalue weighted by Crippen LogP contribution is -2.39. The van der Waals surface area contributed by atoms with Crippen molar-refractivity contribution < 1.29 is 13.5 Å². The van der Waals surface area contributed by atoms with Crippen LogP contribution in [0.4, 0.5) is 14.5 Å². The second-order valence-electron chi connectivity index (χ2n) is 8.12. The van der Waals surface area contributed by atoms with Crippen LogP contribution in [0.15, 0.2) is 66.7 Å². The standard InChI is InChI=1S/C25H25F2N3O/c1-2-31-20-10-11-23-21(13-20)25-22(15-30(23)14-16-4-3-5-19(27)12-16)24(28-29-25)17-6-8-18(26)9-7-17/h3-13,22,24-25,28-29H,2,14-15H2,1H3. The minimum absolute atomic E-state index is 0.0320. The average molecular weight is 421 g/mol. The van der Waals surface area contributed by atoms with Crippen molar-refractivity contribution in [2.24, 2.45) is 5.92 Å². The third-order valence-electron chi connectivity index (χ3n) is 6.16. The van der Waals surface area contributed by atoms with E-state index in [2.05, 4.69) is 27.9 Å². The molecule has 0 amide bonds. The zero-order chi connectivity index (χ0) is 21.4. The fourth-order valence-corrected chi connectivity index (χ4v) is 4.79. The van der Waals surface area contributed by atoms with Gasteiger partial charge in [-0.3, -0.25) is 0 Å². The van der Waals surface area contributed by atoms with Gasteiger partial charge in [0.15, 0.2) is 0 Å². The molecule has 0 radical (unpaired) electrons. The maximum Gasteiger partial charge on any atom is 0.123 e. The molecule has 2 N–H and O–H groups in total. The molecular formula is C25H25F2N3O. The van der Waals surface area contributed by atoms with Crippen molar-refractivity contribution in [2.75, 3.05) is 18.1 Å². The number of halogens is 2. The quantitative estimate of drug-likeness (QED) is 0.615. The van der Waals surface area contributed by atoms with E-state index in [0.717, 1.165) is 34.7 Å². The summed E-state index contributed by atoms with van der Waals surface area (Å²) >= 11 is 0. The van der Waals surface area contributed by atoms with Crippen LogP contribution in [0, 0.1) is 17.6 Å². The Morgan fingerprint density at radius 3 is 2.52 bits per heavy atom. The van der Waals surface area contributed by atoms with Crippen molar-refractivity contribution in [3.63, 3.8) is 0 Å². The third-order valence-corrected chi connectivity index (χ3v) is 6.16. The van der Waals surface area contributed by atoms with Crippen molar-refractivity contribution in [1.82, 2.24) is 10.9 Å². The zero-order valence-corrected chi connectivity index (χ0v) is 17.3. The van der Waals surface area contributed by atoms with E-state index in [1.54, 1.807) is 12.1 Å². The SMILES string of the molecule is CCOc1ccc2c(c1)C1NNC(c3ccc(F)cc3)C1CN2Cc1cccc(F)c1. The molecule has 0 aromatic heterocycles. The van der Waals surface area contributed by atoms with Crippen molar-refractivity contribution in [1.29, 1.82) is 0 Å². The van der Waals surface area contributed by atoms with Crippen molar-refractivity contribution >= 4 is 5.69 Å². The number of hydrazine groups is 1. The van der Waals surface area contributed by atoms with E-state index in [0.29, 0.717) is 13.2 Å². The summed E-state index contributed by atoms with van der Waals surface area (Å²) in [4.78, 5) is 2.30. The van der Waals surface area contributed by atoms with Gasteiger partial charge in [-0.05, 0) is 66.1 Å². The van der Waals surface area contributed by atoms with Gasteiger partial charge in [-0.15, -0.1) is 0 Å². The molecule has 4 nitrogen and oxygen atoms in total. The molecule has 3 aromatic carbocycles. The first-order valence-electron chi connectivity index (χ1n) is 10.6. The molecule has 1 saturated heterocycles. The van der Waals surface area contributed by atoms with Gasteiger partial charge < -0.3 is 9.64 Å². The highest BCUT2D eigenvalue weighted by molar-refractivity contribution is 5.61. The van der Waals surface area contributed by atoms with Gasteiger partial charge in [0.05, 0.1) is 18.7 Å². The zero-order valence-electron chi connectivity index (χ0n) is 17.3. The monoisotopic (exact) mass is 421 g/mol. The molecule has 3 unspecified atom stereocenters. The molecule has 0 saturated carbocycles. The van der Waals surface area contributed by atoms with Crippen LogP contribution in [0.2, 0.25) is 0 Å². The molecule has 3 aromatic rings. The summed E-state index contributed by atoms with van der Waals surface area (Å²) in [5.41, 5.74) is 11.1. The summed E-state index contributed by atoms with van der Waals surface area (Å²) < 4.78 is 33.0. The normalized spacial score (nSPS) is 22.2. The Bertz CT molecular complexity index is 1070. The lowest BCUT2D eigenvalue weighted by molar-refractivity contribution is 0.337. The Kier molecular flexibility index (Phi) is 5.34. The topological polar surface area (TPSA) is 36.5 Å². The van der Waals surface area contributed by atoms with Crippen LogP contribution in [0.1, 0.15) is 35.7 Å². The lowest BCUT2D eigenvalue weighted by atomic mass is 9.82. The number of hydrogen-bond donors (Lipinski definition) is 2. The van der Waals surface area contributed by atoms with Gasteiger partial charge in [0.1, 0.15) is 17.4 Å². The summed E-state index contributed by atoms with van der Waals surface area (Å²) in [5, 5.41) is 0. The van der Waals surface area contributed by atoms with Gasteiger partial charge in [0, 0.05) is 24.7 Å². The third kappa shape index (κ3) is 3.89. The molecule has 1 fully saturated rings. The Labute approximate surface area is 180 Å². The number of anilines is 1.